The van der Waals surface area contributed by atoms with Gasteiger partial charge < -0.3 is 10.0 Å². The lowest BCUT2D eigenvalue weighted by atomic mass is 10.0. The van der Waals surface area contributed by atoms with Crippen LogP contribution in [0.3, 0.4) is 0 Å². The molecule has 0 spiro atoms. The van der Waals surface area contributed by atoms with E-state index in [1.54, 1.807) is 0 Å². The van der Waals surface area contributed by atoms with Crippen molar-refractivity contribution in [1.29, 1.82) is 0 Å². The molecular formula is C15H18FNO3S. The van der Waals surface area contributed by atoms with Crippen LogP contribution in [0.5, 0.6) is 0 Å². The predicted octanol–water partition coefficient (Wildman–Crippen LogP) is 2.87. The molecule has 0 aromatic heterocycles. The Morgan fingerprint density at radius 3 is 2.90 bits per heavy atom. The van der Waals surface area contributed by atoms with Gasteiger partial charge in [0.25, 0.3) is 0 Å². The van der Waals surface area contributed by atoms with E-state index in [1.165, 1.54) is 23.9 Å². The van der Waals surface area contributed by atoms with Crippen molar-refractivity contribution in [1.82, 2.24) is 4.90 Å². The van der Waals surface area contributed by atoms with Gasteiger partial charge in [0.15, 0.2) is 0 Å². The van der Waals surface area contributed by atoms with Crippen molar-refractivity contribution in [2.24, 2.45) is 5.92 Å². The molecule has 2 rings (SSSR count). The fourth-order valence-electron chi connectivity index (χ4n) is 2.41. The molecule has 6 heteroatoms. The van der Waals surface area contributed by atoms with Crippen LogP contribution in [0.15, 0.2) is 23.1 Å². The summed E-state index contributed by atoms with van der Waals surface area (Å²) in [6, 6.07) is 3.90. The number of hydrogen-bond donors (Lipinski definition) is 1. The summed E-state index contributed by atoms with van der Waals surface area (Å²) in [6.45, 7) is 3.70. The molecule has 0 saturated carbocycles. The molecule has 21 heavy (non-hydrogen) atoms. The number of rotatable bonds is 4. The Labute approximate surface area is 127 Å². The zero-order valence-corrected chi connectivity index (χ0v) is 12.7. The monoisotopic (exact) mass is 311 g/mol. The van der Waals surface area contributed by atoms with Crippen LogP contribution >= 0.6 is 11.8 Å². The molecule has 1 aliphatic rings. The van der Waals surface area contributed by atoms with Gasteiger partial charge in [0, 0.05) is 18.0 Å². The molecule has 1 amide bonds. The summed E-state index contributed by atoms with van der Waals surface area (Å²) in [6.07, 6.45) is 2.17. The van der Waals surface area contributed by atoms with Gasteiger partial charge in [-0.25, -0.2) is 9.18 Å². The minimum Gasteiger partial charge on any atom is -0.478 e. The van der Waals surface area contributed by atoms with E-state index in [1.807, 2.05) is 4.90 Å². The van der Waals surface area contributed by atoms with Gasteiger partial charge in [-0.2, -0.15) is 0 Å². The summed E-state index contributed by atoms with van der Waals surface area (Å²) in [5, 5.41) is 8.88. The van der Waals surface area contributed by atoms with Crippen LogP contribution in [0.25, 0.3) is 0 Å². The number of carboxylic acid groups (broad SMARTS) is 1. The number of amides is 1. The molecule has 1 unspecified atom stereocenters. The maximum atomic E-state index is 13.3. The Kier molecular flexibility index (Phi) is 5.22. The van der Waals surface area contributed by atoms with E-state index in [4.69, 9.17) is 5.11 Å². The number of thioether (sulfide) groups is 1. The Bertz CT molecular complexity index is 550. The number of nitrogens with zero attached hydrogens (tertiary/aromatic N) is 1. The van der Waals surface area contributed by atoms with Crippen LogP contribution in [0.4, 0.5) is 4.39 Å². The van der Waals surface area contributed by atoms with Crippen molar-refractivity contribution in [3.05, 3.63) is 29.6 Å². The molecular weight excluding hydrogens is 293 g/mol. The molecule has 1 N–H and O–H groups in total. The number of aromatic carboxylic acids is 1. The SMILES string of the molecule is CC1CCCN(C(=O)CSc2ccc(F)c(C(=O)O)c2)C1. The summed E-state index contributed by atoms with van der Waals surface area (Å²) in [5.74, 6) is -1.24. The van der Waals surface area contributed by atoms with Gasteiger partial charge in [0.05, 0.1) is 11.3 Å². The van der Waals surface area contributed by atoms with Crippen molar-refractivity contribution in [2.75, 3.05) is 18.8 Å². The van der Waals surface area contributed by atoms with Crippen LogP contribution in [0.1, 0.15) is 30.1 Å². The lowest BCUT2D eigenvalue weighted by molar-refractivity contribution is -0.130. The molecule has 1 heterocycles. The number of likely N-dealkylation sites (tertiary alicyclic amines) is 1. The van der Waals surface area contributed by atoms with E-state index < -0.39 is 11.8 Å². The fourth-order valence-corrected chi connectivity index (χ4v) is 3.25. The first-order valence-corrected chi connectivity index (χ1v) is 7.89. The minimum atomic E-state index is -1.30. The smallest absolute Gasteiger partial charge is 0.338 e. The minimum absolute atomic E-state index is 0.0488. The van der Waals surface area contributed by atoms with Crippen LogP contribution in [0.2, 0.25) is 0 Å². The lowest BCUT2D eigenvalue weighted by Crippen LogP contribution is -2.40. The Morgan fingerprint density at radius 1 is 1.48 bits per heavy atom. The predicted molar refractivity (Wildman–Crippen MR) is 79.1 cm³/mol. The van der Waals surface area contributed by atoms with Gasteiger partial charge in [-0.15, -0.1) is 11.8 Å². The van der Waals surface area contributed by atoms with Gasteiger partial charge in [-0.3, -0.25) is 4.79 Å². The molecule has 0 radical (unpaired) electrons. The van der Waals surface area contributed by atoms with Gasteiger partial charge in [0.2, 0.25) is 5.91 Å². The molecule has 1 saturated heterocycles. The van der Waals surface area contributed by atoms with Gasteiger partial charge in [-0.05, 0) is 37.0 Å². The highest BCUT2D eigenvalue weighted by atomic mass is 32.2. The zero-order valence-electron chi connectivity index (χ0n) is 11.8. The quantitative estimate of drug-likeness (QED) is 0.869. The second kappa shape index (κ2) is 6.93. The molecule has 1 atom stereocenters. The second-order valence-corrected chi connectivity index (χ2v) is 6.37. The van der Waals surface area contributed by atoms with Gasteiger partial charge in [-0.1, -0.05) is 6.92 Å². The molecule has 0 aliphatic carbocycles. The van der Waals surface area contributed by atoms with Crippen LogP contribution in [-0.2, 0) is 4.79 Å². The number of benzene rings is 1. The number of carboxylic acids is 1. The van der Waals surface area contributed by atoms with E-state index in [0.29, 0.717) is 10.8 Å². The highest BCUT2D eigenvalue weighted by Gasteiger charge is 2.21. The normalized spacial score (nSPS) is 18.6. The summed E-state index contributed by atoms with van der Waals surface area (Å²) < 4.78 is 13.3. The summed E-state index contributed by atoms with van der Waals surface area (Å²) >= 11 is 1.24. The molecule has 1 fully saturated rings. The first-order chi connectivity index (χ1) is 9.97. The topological polar surface area (TPSA) is 57.6 Å². The van der Waals surface area contributed by atoms with Crippen LogP contribution in [0, 0.1) is 11.7 Å². The van der Waals surface area contributed by atoms with E-state index in [9.17, 15) is 14.0 Å². The third kappa shape index (κ3) is 4.20. The molecule has 1 aromatic rings. The first kappa shape index (κ1) is 15.8. The summed E-state index contributed by atoms with van der Waals surface area (Å²) in [4.78, 5) is 25.4. The van der Waals surface area contributed by atoms with Crippen molar-refractivity contribution < 1.29 is 19.1 Å². The molecule has 0 bridgehead atoms. The maximum absolute atomic E-state index is 13.3. The molecule has 114 valence electrons. The zero-order chi connectivity index (χ0) is 15.4. The first-order valence-electron chi connectivity index (χ1n) is 6.91. The lowest BCUT2D eigenvalue weighted by Gasteiger charge is -2.30. The van der Waals surface area contributed by atoms with E-state index in [0.717, 1.165) is 32.0 Å². The van der Waals surface area contributed by atoms with Crippen LogP contribution in [-0.4, -0.2) is 40.7 Å². The molecule has 1 aliphatic heterocycles. The molecule has 4 nitrogen and oxygen atoms in total. The average molecular weight is 311 g/mol. The highest BCUT2D eigenvalue weighted by molar-refractivity contribution is 8.00. The van der Waals surface area contributed by atoms with E-state index in [-0.39, 0.29) is 17.2 Å². The highest BCUT2D eigenvalue weighted by Crippen LogP contribution is 2.23. The van der Waals surface area contributed by atoms with Gasteiger partial charge >= 0.3 is 5.97 Å². The Morgan fingerprint density at radius 2 is 2.24 bits per heavy atom. The van der Waals surface area contributed by atoms with E-state index >= 15 is 0 Å². The molecule has 1 aromatic carbocycles. The Balaban J connectivity index is 1.95. The van der Waals surface area contributed by atoms with Crippen molar-refractivity contribution >= 4 is 23.6 Å². The number of carbonyl (C=O) groups is 2. The standard InChI is InChI=1S/C15H18FNO3S/c1-10-3-2-6-17(8-10)14(18)9-21-11-4-5-13(16)12(7-11)15(19)20/h4-5,7,10H,2-3,6,8-9H2,1H3,(H,19,20). The summed E-state index contributed by atoms with van der Waals surface area (Å²) in [5.41, 5.74) is -0.362. The maximum Gasteiger partial charge on any atom is 0.338 e. The Hall–Kier alpha value is -1.56. The van der Waals surface area contributed by atoms with Crippen molar-refractivity contribution in [2.45, 2.75) is 24.7 Å². The third-order valence-corrected chi connectivity index (χ3v) is 4.52. The number of halogens is 1. The number of carbonyl (C=O) groups excluding carboxylic acids is 1. The third-order valence-electron chi connectivity index (χ3n) is 3.54. The number of hydrogen-bond acceptors (Lipinski definition) is 3. The fraction of sp³-hybridized carbons (Fsp3) is 0.467. The second-order valence-electron chi connectivity index (χ2n) is 5.32. The largest absolute Gasteiger partial charge is 0.478 e. The van der Waals surface area contributed by atoms with Crippen LogP contribution < -0.4 is 0 Å². The van der Waals surface area contributed by atoms with E-state index in [2.05, 4.69) is 6.92 Å². The average Bonchev–Trinajstić information content (AvgIpc) is 2.45. The van der Waals surface area contributed by atoms with Crippen molar-refractivity contribution in [3.63, 3.8) is 0 Å². The van der Waals surface area contributed by atoms with Gasteiger partial charge in [0.1, 0.15) is 5.82 Å². The number of piperidine rings is 1. The summed E-state index contributed by atoms with van der Waals surface area (Å²) in [7, 11) is 0. The van der Waals surface area contributed by atoms with Crippen molar-refractivity contribution in [3.8, 4) is 0 Å².